The van der Waals surface area contributed by atoms with Gasteiger partial charge in [0.2, 0.25) is 0 Å². The number of piperidine rings is 1. The van der Waals surface area contributed by atoms with E-state index in [1.165, 1.54) is 90.9 Å². The van der Waals surface area contributed by atoms with Gasteiger partial charge >= 0.3 is 0 Å². The maximum Gasteiger partial charge on any atom is 0.0366 e. The van der Waals surface area contributed by atoms with Crippen LogP contribution in [-0.2, 0) is 6.42 Å². The van der Waals surface area contributed by atoms with E-state index in [9.17, 15) is 0 Å². The van der Waals surface area contributed by atoms with Crippen molar-refractivity contribution < 1.29 is 0 Å². The lowest BCUT2D eigenvalue weighted by atomic mass is 9.78. The average molecular weight is 435 g/mol. The van der Waals surface area contributed by atoms with Gasteiger partial charge in [0, 0.05) is 18.8 Å². The molecular weight excluding hydrogens is 400 g/mol. The Morgan fingerprint density at radius 1 is 0.697 bits per heavy atom. The van der Waals surface area contributed by atoms with Gasteiger partial charge < -0.3 is 10.2 Å². The fourth-order valence-electron chi connectivity index (χ4n) is 6.34. The first-order valence-electron chi connectivity index (χ1n) is 12.7. The molecule has 2 saturated heterocycles. The Balaban J connectivity index is 1.37. The van der Waals surface area contributed by atoms with E-state index in [1.807, 2.05) is 0 Å². The van der Waals surface area contributed by atoms with E-state index in [0.717, 1.165) is 12.8 Å². The maximum absolute atomic E-state index is 3.54. The molecule has 0 unspecified atom stereocenters. The summed E-state index contributed by atoms with van der Waals surface area (Å²) in [5, 5.41) is 3.54. The van der Waals surface area contributed by atoms with Crippen molar-refractivity contribution in [1.82, 2.24) is 5.32 Å². The summed E-state index contributed by atoms with van der Waals surface area (Å²) >= 11 is 0. The summed E-state index contributed by atoms with van der Waals surface area (Å²) in [5.41, 5.74) is 10.4. The molecule has 3 aliphatic rings. The summed E-state index contributed by atoms with van der Waals surface area (Å²) in [7, 11) is 0. The number of nitrogens with zero attached hydrogens (tertiary/aromatic N) is 1. The van der Waals surface area contributed by atoms with Crippen LogP contribution in [0, 0.1) is 5.41 Å². The minimum atomic E-state index is 0.535. The number of anilines is 1. The lowest BCUT2D eigenvalue weighted by Crippen LogP contribution is -2.38. The third-order valence-corrected chi connectivity index (χ3v) is 8.21. The lowest BCUT2D eigenvalue weighted by molar-refractivity contribution is 0.232. The molecule has 0 amide bonds. The molecule has 2 fully saturated rings. The highest BCUT2D eigenvalue weighted by molar-refractivity contribution is 6.00. The third kappa shape index (κ3) is 4.02. The van der Waals surface area contributed by atoms with Crippen LogP contribution >= 0.6 is 0 Å². The molecule has 0 radical (unpaired) electrons. The number of rotatable bonds is 3. The first kappa shape index (κ1) is 20.7. The summed E-state index contributed by atoms with van der Waals surface area (Å²) < 4.78 is 0. The Bertz CT molecular complexity index is 1140. The Labute approximate surface area is 198 Å². The molecule has 2 nitrogen and oxygen atoms in total. The van der Waals surface area contributed by atoms with Gasteiger partial charge in [-0.2, -0.15) is 0 Å². The van der Waals surface area contributed by atoms with Crippen LogP contribution in [0.5, 0.6) is 0 Å². The van der Waals surface area contributed by atoms with Crippen molar-refractivity contribution in [3.63, 3.8) is 0 Å². The fourth-order valence-corrected chi connectivity index (χ4v) is 6.34. The second kappa shape index (κ2) is 8.83. The van der Waals surface area contributed by atoms with Gasteiger partial charge in [0.05, 0.1) is 0 Å². The molecule has 1 N–H and O–H groups in total. The molecule has 33 heavy (non-hydrogen) atoms. The molecule has 6 rings (SSSR count). The average Bonchev–Trinajstić information content (AvgIpc) is 3.17. The number of allylic oxidation sites excluding steroid dienone is 1. The van der Waals surface area contributed by atoms with Crippen LogP contribution in [0.1, 0.15) is 54.4 Å². The number of benzene rings is 3. The van der Waals surface area contributed by atoms with E-state index >= 15 is 0 Å². The molecule has 0 atom stereocenters. The standard InChI is InChI=1S/C31H34N2/c1-2-7-24(8-3-1)29-12-6-10-25-9-4-5-11-28(25)30(29)26-13-15-27(16-14-26)33-22-19-31(23-33)17-20-32-21-18-31/h1-5,7-9,11,13-16,32H,6,10,12,17-23H2. The monoisotopic (exact) mass is 434 g/mol. The van der Waals surface area contributed by atoms with E-state index in [1.54, 1.807) is 0 Å². The fraction of sp³-hybridized carbons (Fsp3) is 0.355. The Kier molecular flexibility index (Phi) is 5.55. The normalized spacial score (nSPS) is 20.1. The summed E-state index contributed by atoms with van der Waals surface area (Å²) in [4.78, 5) is 2.63. The molecular formula is C31H34N2. The highest BCUT2D eigenvalue weighted by Crippen LogP contribution is 2.42. The zero-order valence-electron chi connectivity index (χ0n) is 19.5. The molecule has 0 aromatic heterocycles. The van der Waals surface area contributed by atoms with Crippen LogP contribution in [0.2, 0.25) is 0 Å². The number of nitrogens with one attached hydrogen (secondary N) is 1. The number of hydrogen-bond acceptors (Lipinski definition) is 2. The van der Waals surface area contributed by atoms with Crippen LogP contribution in [0.3, 0.4) is 0 Å². The SMILES string of the molecule is c1ccc(C2=C(c3ccc(N4CCC5(CCNCC5)C4)cc3)c3ccccc3CCC2)cc1. The molecule has 1 aliphatic carbocycles. The van der Waals surface area contributed by atoms with Crippen molar-refractivity contribution in [3.8, 4) is 0 Å². The smallest absolute Gasteiger partial charge is 0.0366 e. The van der Waals surface area contributed by atoms with Crippen LogP contribution in [0.4, 0.5) is 5.69 Å². The van der Waals surface area contributed by atoms with Crippen LogP contribution in [-0.4, -0.2) is 26.2 Å². The van der Waals surface area contributed by atoms with Crippen molar-refractivity contribution in [1.29, 1.82) is 0 Å². The molecule has 2 heterocycles. The minimum absolute atomic E-state index is 0.535. The molecule has 3 aromatic carbocycles. The number of fused-ring (bicyclic) bond motifs is 1. The zero-order valence-corrected chi connectivity index (χ0v) is 19.5. The molecule has 0 bridgehead atoms. The highest BCUT2D eigenvalue weighted by atomic mass is 15.2. The molecule has 1 spiro atoms. The van der Waals surface area contributed by atoms with Gasteiger partial charge in [-0.3, -0.25) is 0 Å². The van der Waals surface area contributed by atoms with Gasteiger partial charge in [-0.25, -0.2) is 0 Å². The van der Waals surface area contributed by atoms with Crippen molar-refractivity contribution in [2.75, 3.05) is 31.1 Å². The third-order valence-electron chi connectivity index (χ3n) is 8.21. The molecule has 0 saturated carbocycles. The van der Waals surface area contributed by atoms with Crippen molar-refractivity contribution in [2.45, 2.75) is 38.5 Å². The Morgan fingerprint density at radius 2 is 1.45 bits per heavy atom. The van der Waals surface area contributed by atoms with Gasteiger partial charge in [-0.1, -0.05) is 66.7 Å². The van der Waals surface area contributed by atoms with E-state index < -0.39 is 0 Å². The summed E-state index contributed by atoms with van der Waals surface area (Å²) in [6.07, 6.45) is 7.47. The highest BCUT2D eigenvalue weighted by Gasteiger charge is 2.38. The largest absolute Gasteiger partial charge is 0.371 e. The number of aryl methyl sites for hydroxylation is 1. The van der Waals surface area contributed by atoms with Crippen LogP contribution in [0.15, 0.2) is 78.9 Å². The molecule has 3 aromatic rings. The van der Waals surface area contributed by atoms with E-state index in [0.29, 0.717) is 5.41 Å². The molecule has 2 aliphatic heterocycles. The van der Waals surface area contributed by atoms with Gasteiger partial charge in [0.1, 0.15) is 0 Å². The zero-order chi connectivity index (χ0) is 22.1. The first-order valence-corrected chi connectivity index (χ1v) is 12.7. The summed E-state index contributed by atoms with van der Waals surface area (Å²) in [5.74, 6) is 0. The Hall–Kier alpha value is -2.84. The summed E-state index contributed by atoms with van der Waals surface area (Å²) in [6.45, 7) is 4.78. The van der Waals surface area contributed by atoms with E-state index in [2.05, 4.69) is 89.1 Å². The topological polar surface area (TPSA) is 15.3 Å². The Morgan fingerprint density at radius 3 is 2.27 bits per heavy atom. The van der Waals surface area contributed by atoms with Gasteiger partial charge in [0.15, 0.2) is 0 Å². The van der Waals surface area contributed by atoms with Crippen LogP contribution in [0.25, 0.3) is 11.1 Å². The van der Waals surface area contributed by atoms with Gasteiger partial charge in [-0.05, 0) is 103 Å². The predicted octanol–water partition coefficient (Wildman–Crippen LogP) is 6.56. The summed E-state index contributed by atoms with van der Waals surface area (Å²) in [6, 6.07) is 29.6. The predicted molar refractivity (Wildman–Crippen MR) is 140 cm³/mol. The lowest BCUT2D eigenvalue weighted by Gasteiger charge is -2.34. The second-order valence-corrected chi connectivity index (χ2v) is 10.2. The molecule has 2 heteroatoms. The van der Waals surface area contributed by atoms with Gasteiger partial charge in [-0.15, -0.1) is 0 Å². The van der Waals surface area contributed by atoms with Crippen LogP contribution < -0.4 is 10.2 Å². The molecule has 168 valence electrons. The van der Waals surface area contributed by atoms with E-state index in [4.69, 9.17) is 0 Å². The second-order valence-electron chi connectivity index (χ2n) is 10.2. The quantitative estimate of drug-likeness (QED) is 0.502. The number of hydrogen-bond donors (Lipinski definition) is 1. The van der Waals surface area contributed by atoms with Crippen molar-refractivity contribution in [3.05, 3.63) is 101 Å². The minimum Gasteiger partial charge on any atom is -0.371 e. The van der Waals surface area contributed by atoms with E-state index in [-0.39, 0.29) is 0 Å². The van der Waals surface area contributed by atoms with Gasteiger partial charge in [0.25, 0.3) is 0 Å². The maximum atomic E-state index is 3.54. The van der Waals surface area contributed by atoms with Crippen molar-refractivity contribution >= 4 is 16.8 Å². The van der Waals surface area contributed by atoms with Crippen molar-refractivity contribution in [2.24, 2.45) is 5.41 Å². The first-order chi connectivity index (χ1) is 16.3.